The number of carbonyl (C=O) groups is 1. The smallest absolute Gasteiger partial charge is 0.188 e. The van der Waals surface area contributed by atoms with Gasteiger partial charge in [-0.2, -0.15) is 5.26 Å². The van der Waals surface area contributed by atoms with Crippen molar-refractivity contribution in [3.8, 4) is 17.6 Å². The molecule has 5 heteroatoms. The van der Waals surface area contributed by atoms with E-state index in [1.54, 1.807) is 36.5 Å². The lowest BCUT2D eigenvalue weighted by Gasteiger charge is -2.12. The van der Waals surface area contributed by atoms with Gasteiger partial charge < -0.3 is 9.47 Å². The van der Waals surface area contributed by atoms with Crippen molar-refractivity contribution in [2.24, 2.45) is 0 Å². The van der Waals surface area contributed by atoms with Crippen molar-refractivity contribution >= 4 is 5.78 Å². The first-order valence-corrected chi connectivity index (χ1v) is 6.27. The SMILES string of the molecule is COc1ccc(OC)c(C(=O)C(C#N)c2cccnc2)c1. The summed E-state index contributed by atoms with van der Waals surface area (Å²) in [7, 11) is 2.99. The molecule has 2 aromatic rings. The van der Waals surface area contributed by atoms with Crippen LogP contribution in [0.4, 0.5) is 0 Å². The zero-order chi connectivity index (χ0) is 15.2. The molecule has 1 unspecified atom stereocenters. The van der Waals surface area contributed by atoms with Crippen LogP contribution in [0.5, 0.6) is 11.5 Å². The van der Waals surface area contributed by atoms with Gasteiger partial charge in [0.2, 0.25) is 0 Å². The van der Waals surface area contributed by atoms with E-state index in [1.807, 2.05) is 6.07 Å². The second kappa shape index (κ2) is 6.53. The molecule has 0 bridgehead atoms. The maximum Gasteiger partial charge on any atom is 0.188 e. The van der Waals surface area contributed by atoms with E-state index < -0.39 is 5.92 Å². The third kappa shape index (κ3) is 3.00. The Morgan fingerprint density at radius 2 is 2.10 bits per heavy atom. The molecule has 1 heterocycles. The lowest BCUT2D eigenvalue weighted by Crippen LogP contribution is -2.13. The lowest BCUT2D eigenvalue weighted by molar-refractivity contribution is 0.0975. The molecule has 0 amide bonds. The summed E-state index contributed by atoms with van der Waals surface area (Å²) in [6.07, 6.45) is 3.10. The largest absolute Gasteiger partial charge is 0.497 e. The van der Waals surface area contributed by atoms with Gasteiger partial charge in [0.25, 0.3) is 0 Å². The minimum absolute atomic E-state index is 0.312. The third-order valence-corrected chi connectivity index (χ3v) is 3.08. The van der Waals surface area contributed by atoms with Gasteiger partial charge in [-0.05, 0) is 29.8 Å². The maximum absolute atomic E-state index is 12.6. The van der Waals surface area contributed by atoms with E-state index in [2.05, 4.69) is 4.98 Å². The number of ketones is 1. The second-order valence-corrected chi connectivity index (χ2v) is 4.28. The van der Waals surface area contributed by atoms with Crippen molar-refractivity contribution in [3.63, 3.8) is 0 Å². The van der Waals surface area contributed by atoms with Gasteiger partial charge in [-0.3, -0.25) is 9.78 Å². The highest BCUT2D eigenvalue weighted by atomic mass is 16.5. The molecule has 0 saturated heterocycles. The van der Waals surface area contributed by atoms with Gasteiger partial charge in [0.05, 0.1) is 25.9 Å². The predicted octanol–water partition coefficient (Wildman–Crippen LogP) is 2.59. The molecule has 0 saturated carbocycles. The van der Waals surface area contributed by atoms with Crippen molar-refractivity contribution in [1.29, 1.82) is 5.26 Å². The van der Waals surface area contributed by atoms with Crippen molar-refractivity contribution in [2.45, 2.75) is 5.92 Å². The molecule has 2 rings (SSSR count). The summed E-state index contributed by atoms with van der Waals surface area (Å²) < 4.78 is 10.3. The van der Waals surface area contributed by atoms with Crippen LogP contribution in [-0.4, -0.2) is 25.0 Å². The minimum atomic E-state index is -0.931. The van der Waals surface area contributed by atoms with Gasteiger partial charge in [-0.15, -0.1) is 0 Å². The summed E-state index contributed by atoms with van der Waals surface area (Å²) in [6.45, 7) is 0. The number of ether oxygens (including phenoxy) is 2. The molecule has 1 atom stereocenters. The van der Waals surface area contributed by atoms with Crippen LogP contribution >= 0.6 is 0 Å². The first-order valence-electron chi connectivity index (χ1n) is 6.27. The van der Waals surface area contributed by atoms with E-state index in [1.165, 1.54) is 20.4 Å². The van der Waals surface area contributed by atoms with E-state index in [4.69, 9.17) is 9.47 Å². The molecule has 1 aromatic heterocycles. The number of methoxy groups -OCH3 is 2. The summed E-state index contributed by atoms with van der Waals surface area (Å²) in [5.74, 6) is -0.340. The van der Waals surface area contributed by atoms with Crippen molar-refractivity contribution < 1.29 is 14.3 Å². The van der Waals surface area contributed by atoms with Gasteiger partial charge in [0, 0.05) is 12.4 Å². The lowest BCUT2D eigenvalue weighted by atomic mass is 9.92. The number of Topliss-reactive ketones (excluding diaryl/α,β-unsaturated/α-hetero) is 1. The topological polar surface area (TPSA) is 72.2 Å². The first kappa shape index (κ1) is 14.5. The Bertz CT molecular complexity index is 678. The van der Waals surface area contributed by atoms with Crippen LogP contribution in [0.3, 0.4) is 0 Å². The van der Waals surface area contributed by atoms with E-state index in [9.17, 15) is 10.1 Å². The molecule has 0 aliphatic heterocycles. The van der Waals surface area contributed by atoms with Gasteiger partial charge in [-0.25, -0.2) is 0 Å². The summed E-state index contributed by atoms with van der Waals surface area (Å²) >= 11 is 0. The summed E-state index contributed by atoms with van der Waals surface area (Å²) in [4.78, 5) is 16.6. The van der Waals surface area contributed by atoms with Gasteiger partial charge in [0.15, 0.2) is 5.78 Å². The molecule has 0 aliphatic rings. The van der Waals surface area contributed by atoms with E-state index in [0.29, 0.717) is 22.6 Å². The molecule has 0 N–H and O–H groups in total. The highest BCUT2D eigenvalue weighted by Crippen LogP contribution is 2.29. The van der Waals surface area contributed by atoms with E-state index >= 15 is 0 Å². The number of pyridine rings is 1. The molecule has 0 fully saturated rings. The number of nitrogens with zero attached hydrogens (tertiary/aromatic N) is 2. The summed E-state index contributed by atoms with van der Waals surface area (Å²) in [5.41, 5.74) is 0.863. The molecular formula is C16H14N2O3. The fourth-order valence-corrected chi connectivity index (χ4v) is 1.99. The average Bonchev–Trinajstić information content (AvgIpc) is 2.55. The standard InChI is InChI=1S/C16H14N2O3/c1-20-12-5-6-15(21-2)13(8-12)16(19)14(9-17)11-4-3-7-18-10-11/h3-8,10,14H,1-2H3. The van der Waals surface area contributed by atoms with E-state index in [-0.39, 0.29) is 5.78 Å². The van der Waals surface area contributed by atoms with Crippen LogP contribution in [0.2, 0.25) is 0 Å². The molecular weight excluding hydrogens is 268 g/mol. The normalized spacial score (nSPS) is 11.3. The number of carbonyl (C=O) groups excluding carboxylic acids is 1. The quantitative estimate of drug-likeness (QED) is 0.788. The monoisotopic (exact) mass is 282 g/mol. The predicted molar refractivity (Wildman–Crippen MR) is 76.5 cm³/mol. The van der Waals surface area contributed by atoms with Crippen molar-refractivity contribution in [3.05, 3.63) is 53.9 Å². The van der Waals surface area contributed by atoms with Crippen LogP contribution in [0.25, 0.3) is 0 Å². The molecule has 21 heavy (non-hydrogen) atoms. The Morgan fingerprint density at radius 3 is 2.67 bits per heavy atom. The van der Waals surface area contributed by atoms with Crippen LogP contribution < -0.4 is 9.47 Å². The number of hydrogen-bond donors (Lipinski definition) is 0. The number of nitriles is 1. The molecule has 0 radical (unpaired) electrons. The summed E-state index contributed by atoms with van der Waals surface area (Å²) in [6, 6.07) is 10.3. The highest BCUT2D eigenvalue weighted by molar-refractivity contribution is 6.05. The van der Waals surface area contributed by atoms with Gasteiger partial charge >= 0.3 is 0 Å². The van der Waals surface area contributed by atoms with Crippen LogP contribution in [0, 0.1) is 11.3 Å². The molecule has 106 valence electrons. The molecule has 5 nitrogen and oxygen atoms in total. The molecule has 1 aromatic carbocycles. The van der Waals surface area contributed by atoms with E-state index in [0.717, 1.165) is 0 Å². The zero-order valence-corrected chi connectivity index (χ0v) is 11.7. The second-order valence-electron chi connectivity index (χ2n) is 4.28. The first-order chi connectivity index (χ1) is 10.2. The number of aromatic nitrogens is 1. The fraction of sp³-hybridized carbons (Fsp3) is 0.188. The van der Waals surface area contributed by atoms with Gasteiger partial charge in [0.1, 0.15) is 17.4 Å². The van der Waals surface area contributed by atoms with Crippen LogP contribution in [0.15, 0.2) is 42.7 Å². The number of hydrogen-bond acceptors (Lipinski definition) is 5. The highest BCUT2D eigenvalue weighted by Gasteiger charge is 2.25. The maximum atomic E-state index is 12.6. The Balaban J connectivity index is 2.45. The molecule has 0 aliphatic carbocycles. The number of rotatable bonds is 5. The van der Waals surface area contributed by atoms with Gasteiger partial charge in [-0.1, -0.05) is 6.07 Å². The average molecular weight is 282 g/mol. The Hall–Kier alpha value is -2.87. The Kier molecular flexibility index (Phi) is 4.52. The third-order valence-electron chi connectivity index (χ3n) is 3.08. The Labute approximate surface area is 122 Å². The van der Waals surface area contributed by atoms with Crippen molar-refractivity contribution in [1.82, 2.24) is 4.98 Å². The molecule has 0 spiro atoms. The van der Waals surface area contributed by atoms with Crippen LogP contribution in [-0.2, 0) is 0 Å². The Morgan fingerprint density at radius 1 is 1.29 bits per heavy atom. The summed E-state index contributed by atoms with van der Waals surface area (Å²) in [5, 5.41) is 9.33. The fourth-order valence-electron chi connectivity index (χ4n) is 1.99. The van der Waals surface area contributed by atoms with Crippen LogP contribution in [0.1, 0.15) is 21.8 Å². The zero-order valence-electron chi connectivity index (χ0n) is 11.7. The van der Waals surface area contributed by atoms with Crippen molar-refractivity contribution in [2.75, 3.05) is 14.2 Å². The number of benzene rings is 1. The minimum Gasteiger partial charge on any atom is -0.497 e.